The predicted octanol–water partition coefficient (Wildman–Crippen LogP) is 0.392. The first-order valence-electron chi connectivity index (χ1n) is 8.54. The molecule has 2 fully saturated rings. The number of likely N-dealkylation sites (tertiary alicyclic amines) is 1. The lowest BCUT2D eigenvalue weighted by Crippen LogP contribution is -2.37. The molecule has 1 aliphatic heterocycles. The summed E-state index contributed by atoms with van der Waals surface area (Å²) in [6.07, 6.45) is 3.78. The van der Waals surface area contributed by atoms with Crippen LogP contribution in [0.5, 0.6) is 0 Å². The van der Waals surface area contributed by atoms with E-state index < -0.39 is 0 Å². The molecule has 0 bridgehead atoms. The fourth-order valence-corrected chi connectivity index (χ4v) is 3.38. The zero-order valence-electron chi connectivity index (χ0n) is 13.5. The second kappa shape index (κ2) is 6.32. The van der Waals surface area contributed by atoms with E-state index in [0.717, 1.165) is 30.2 Å². The Morgan fingerprint density at radius 2 is 2.08 bits per heavy atom. The van der Waals surface area contributed by atoms with Crippen LogP contribution in [0.25, 0.3) is 10.9 Å². The van der Waals surface area contributed by atoms with Crippen LogP contribution in [0.2, 0.25) is 0 Å². The minimum absolute atomic E-state index is 0.0876. The first kappa shape index (κ1) is 15.3. The fraction of sp³-hybridized carbons (Fsp3) is 0.529. The van der Waals surface area contributed by atoms with E-state index in [-0.39, 0.29) is 18.0 Å². The molecule has 2 heterocycles. The van der Waals surface area contributed by atoms with Crippen LogP contribution in [0.15, 0.2) is 29.1 Å². The van der Waals surface area contributed by atoms with Crippen molar-refractivity contribution >= 4 is 16.8 Å². The molecule has 1 aromatic heterocycles. The number of nitrogens with one attached hydrogen (secondary N) is 1. The topological polar surface area (TPSA) is 80.1 Å². The first-order chi connectivity index (χ1) is 11.7. The van der Waals surface area contributed by atoms with Gasteiger partial charge in [-0.25, -0.2) is 4.68 Å². The molecule has 7 heteroatoms. The lowest BCUT2D eigenvalue weighted by atomic mass is 10.1. The Morgan fingerprint density at radius 1 is 1.25 bits per heavy atom. The summed E-state index contributed by atoms with van der Waals surface area (Å²) in [5, 5.41) is 11.3. The molecule has 7 nitrogen and oxygen atoms in total. The third-order valence-electron chi connectivity index (χ3n) is 4.89. The Balaban J connectivity index is 1.34. The van der Waals surface area contributed by atoms with Crippen molar-refractivity contribution in [2.24, 2.45) is 5.92 Å². The van der Waals surface area contributed by atoms with Crippen molar-refractivity contribution in [2.45, 2.75) is 31.8 Å². The van der Waals surface area contributed by atoms with Gasteiger partial charge in [-0.15, -0.1) is 5.10 Å². The lowest BCUT2D eigenvalue weighted by molar-refractivity contribution is -0.122. The molecule has 1 aliphatic carbocycles. The van der Waals surface area contributed by atoms with Crippen molar-refractivity contribution in [2.75, 3.05) is 19.6 Å². The lowest BCUT2D eigenvalue weighted by Gasteiger charge is -2.15. The van der Waals surface area contributed by atoms with E-state index in [1.807, 2.05) is 0 Å². The molecule has 2 aromatic rings. The zero-order chi connectivity index (χ0) is 16.5. The normalized spacial score (nSPS) is 21.2. The van der Waals surface area contributed by atoms with Gasteiger partial charge in [-0.05, 0) is 43.9 Å². The molecule has 24 heavy (non-hydrogen) atoms. The average Bonchev–Trinajstić information content (AvgIpc) is 3.34. The van der Waals surface area contributed by atoms with Crippen molar-refractivity contribution in [3.8, 4) is 0 Å². The summed E-state index contributed by atoms with van der Waals surface area (Å²) in [4.78, 5) is 27.0. The maximum absolute atomic E-state index is 12.3. The van der Waals surface area contributed by atoms with Gasteiger partial charge in [-0.1, -0.05) is 17.3 Å². The van der Waals surface area contributed by atoms with Gasteiger partial charge in [0.1, 0.15) is 12.1 Å². The summed E-state index contributed by atoms with van der Waals surface area (Å²) in [5.74, 6) is 0.320. The molecule has 0 radical (unpaired) electrons. The van der Waals surface area contributed by atoms with Crippen molar-refractivity contribution in [1.82, 2.24) is 25.2 Å². The van der Waals surface area contributed by atoms with E-state index in [1.165, 1.54) is 12.8 Å². The zero-order valence-corrected chi connectivity index (χ0v) is 13.5. The molecule has 126 valence electrons. The number of aromatic nitrogens is 3. The highest BCUT2D eigenvalue weighted by Gasteiger charge is 2.34. The number of fused-ring (bicyclic) bond motifs is 1. The van der Waals surface area contributed by atoms with Crippen LogP contribution >= 0.6 is 0 Å². The number of benzene rings is 1. The van der Waals surface area contributed by atoms with Gasteiger partial charge in [0.25, 0.3) is 5.56 Å². The van der Waals surface area contributed by atoms with Crippen LogP contribution in [-0.4, -0.2) is 51.5 Å². The highest BCUT2D eigenvalue weighted by molar-refractivity contribution is 5.78. The number of carbonyl (C=O) groups excluding carboxylic acids is 1. The van der Waals surface area contributed by atoms with E-state index in [1.54, 1.807) is 24.3 Å². The van der Waals surface area contributed by atoms with Gasteiger partial charge >= 0.3 is 0 Å². The van der Waals surface area contributed by atoms with E-state index in [2.05, 4.69) is 20.5 Å². The molecular formula is C17H21N5O2. The van der Waals surface area contributed by atoms with Gasteiger partial charge in [0, 0.05) is 19.1 Å². The van der Waals surface area contributed by atoms with E-state index in [0.29, 0.717) is 23.4 Å². The molecule has 1 amide bonds. The van der Waals surface area contributed by atoms with Crippen LogP contribution in [-0.2, 0) is 11.3 Å². The first-order valence-corrected chi connectivity index (χ1v) is 8.54. The predicted molar refractivity (Wildman–Crippen MR) is 89.5 cm³/mol. The minimum atomic E-state index is -0.281. The summed E-state index contributed by atoms with van der Waals surface area (Å²) in [6.45, 7) is 2.79. The Labute approximate surface area is 139 Å². The monoisotopic (exact) mass is 327 g/mol. The molecule has 1 saturated heterocycles. The maximum atomic E-state index is 12.3. The van der Waals surface area contributed by atoms with Crippen molar-refractivity contribution in [3.63, 3.8) is 0 Å². The van der Waals surface area contributed by atoms with Gasteiger partial charge in [0.2, 0.25) is 5.91 Å². The second-order valence-electron chi connectivity index (χ2n) is 6.75. The number of carbonyl (C=O) groups is 1. The standard InChI is InChI=1S/C17H21N5O2/c23-16(18-9-12-7-8-21(10-12)13-5-6-13)11-22-17(24)14-3-1-2-4-15(14)19-20-22/h1-4,12-13H,5-11H2,(H,18,23)/t12-/m1/s1. The average molecular weight is 327 g/mol. The van der Waals surface area contributed by atoms with Crippen molar-refractivity contribution in [1.29, 1.82) is 0 Å². The van der Waals surface area contributed by atoms with Crippen LogP contribution in [0, 0.1) is 5.92 Å². The third-order valence-corrected chi connectivity index (χ3v) is 4.89. The van der Waals surface area contributed by atoms with Crippen molar-refractivity contribution < 1.29 is 4.79 Å². The van der Waals surface area contributed by atoms with Gasteiger partial charge in [-0.2, -0.15) is 0 Å². The number of hydrogen-bond acceptors (Lipinski definition) is 5. The summed E-state index contributed by atoms with van der Waals surface area (Å²) < 4.78 is 1.13. The van der Waals surface area contributed by atoms with Gasteiger partial charge in [0.05, 0.1) is 5.39 Å². The summed E-state index contributed by atoms with van der Waals surface area (Å²) in [7, 11) is 0. The number of amides is 1. The Kier molecular flexibility index (Phi) is 4.02. The summed E-state index contributed by atoms with van der Waals surface area (Å²) >= 11 is 0. The smallest absolute Gasteiger partial charge is 0.278 e. The van der Waals surface area contributed by atoms with Gasteiger partial charge < -0.3 is 10.2 Å². The van der Waals surface area contributed by atoms with E-state index in [9.17, 15) is 9.59 Å². The maximum Gasteiger partial charge on any atom is 0.278 e. The second-order valence-corrected chi connectivity index (χ2v) is 6.75. The molecular weight excluding hydrogens is 306 g/mol. The fourth-order valence-electron chi connectivity index (χ4n) is 3.38. The Bertz CT molecular complexity index is 814. The van der Waals surface area contributed by atoms with Gasteiger partial charge in [-0.3, -0.25) is 9.59 Å². The number of hydrogen-bond donors (Lipinski definition) is 1. The number of rotatable bonds is 5. The minimum Gasteiger partial charge on any atom is -0.354 e. The molecule has 1 aromatic carbocycles. The summed E-state index contributed by atoms with van der Waals surface area (Å²) in [6, 6.07) is 7.81. The molecule has 0 spiro atoms. The molecule has 4 rings (SSSR count). The Hall–Kier alpha value is -2.28. The van der Waals surface area contributed by atoms with Crippen LogP contribution in [0.1, 0.15) is 19.3 Å². The SMILES string of the molecule is O=C(Cn1nnc2ccccc2c1=O)NC[C@H]1CCN(C2CC2)C1. The largest absolute Gasteiger partial charge is 0.354 e. The molecule has 0 unspecified atom stereocenters. The molecule has 1 saturated carbocycles. The highest BCUT2D eigenvalue weighted by Crippen LogP contribution is 2.31. The Morgan fingerprint density at radius 3 is 2.92 bits per heavy atom. The third kappa shape index (κ3) is 3.17. The van der Waals surface area contributed by atoms with Gasteiger partial charge in [0.15, 0.2) is 0 Å². The van der Waals surface area contributed by atoms with Crippen LogP contribution in [0.4, 0.5) is 0 Å². The molecule has 1 N–H and O–H groups in total. The highest BCUT2D eigenvalue weighted by atomic mass is 16.2. The van der Waals surface area contributed by atoms with E-state index in [4.69, 9.17) is 0 Å². The molecule has 2 aliphatic rings. The quantitative estimate of drug-likeness (QED) is 0.859. The van der Waals surface area contributed by atoms with E-state index >= 15 is 0 Å². The number of nitrogens with zero attached hydrogens (tertiary/aromatic N) is 4. The van der Waals surface area contributed by atoms with Crippen molar-refractivity contribution in [3.05, 3.63) is 34.6 Å². The van der Waals surface area contributed by atoms with Crippen LogP contribution < -0.4 is 10.9 Å². The summed E-state index contributed by atoms with van der Waals surface area (Å²) in [5.41, 5.74) is 0.266. The van der Waals surface area contributed by atoms with Crippen LogP contribution in [0.3, 0.4) is 0 Å². The molecule has 1 atom stereocenters.